The van der Waals surface area contributed by atoms with Crippen LogP contribution in [-0.4, -0.2) is 68.4 Å². The van der Waals surface area contributed by atoms with Gasteiger partial charge in [-0.15, -0.1) is 0 Å². The molecule has 2 aromatic carbocycles. The summed E-state index contributed by atoms with van der Waals surface area (Å²) in [6, 6.07) is 12.4. The van der Waals surface area contributed by atoms with E-state index in [0.717, 1.165) is 50.6 Å². The number of phenols is 1. The van der Waals surface area contributed by atoms with Crippen LogP contribution < -0.4 is 10.2 Å². The van der Waals surface area contributed by atoms with Gasteiger partial charge in [-0.1, -0.05) is 48.2 Å². The third kappa shape index (κ3) is 8.25. The first-order chi connectivity index (χ1) is 18.4. The SMILES string of the molecule is COC(CCCNC(=O)c1ccccc1O)C1CCC(CCN2CCN(c3cc(Cl)cc(Cl)c3)CC2)CC1. The minimum Gasteiger partial charge on any atom is -0.507 e. The first kappa shape index (κ1) is 29.0. The molecule has 0 radical (unpaired) electrons. The topological polar surface area (TPSA) is 65.0 Å². The quantitative estimate of drug-likeness (QED) is 0.318. The number of methoxy groups -OCH3 is 1. The second kappa shape index (κ2) is 14.4. The molecule has 1 saturated heterocycles. The summed E-state index contributed by atoms with van der Waals surface area (Å²) in [5.41, 5.74) is 1.44. The average Bonchev–Trinajstić information content (AvgIpc) is 2.92. The molecule has 1 aliphatic carbocycles. The maximum Gasteiger partial charge on any atom is 0.255 e. The molecule has 38 heavy (non-hydrogen) atoms. The summed E-state index contributed by atoms with van der Waals surface area (Å²) in [6.45, 7) is 5.92. The molecule has 1 unspecified atom stereocenters. The van der Waals surface area contributed by atoms with Crippen LogP contribution in [0.1, 0.15) is 55.3 Å². The minimum absolute atomic E-state index is 0.0155. The van der Waals surface area contributed by atoms with E-state index < -0.39 is 0 Å². The Kier molecular flexibility index (Phi) is 11.0. The van der Waals surface area contributed by atoms with Gasteiger partial charge in [0.1, 0.15) is 5.75 Å². The van der Waals surface area contributed by atoms with Gasteiger partial charge in [0, 0.05) is 55.6 Å². The smallest absolute Gasteiger partial charge is 0.255 e. The van der Waals surface area contributed by atoms with E-state index in [2.05, 4.69) is 15.1 Å². The number of carbonyl (C=O) groups is 1. The van der Waals surface area contributed by atoms with Crippen LogP contribution in [0, 0.1) is 11.8 Å². The number of carbonyl (C=O) groups excluding carboxylic acids is 1. The number of para-hydroxylation sites is 1. The fourth-order valence-corrected chi connectivity index (χ4v) is 6.49. The largest absolute Gasteiger partial charge is 0.507 e. The Morgan fingerprint density at radius 1 is 1.05 bits per heavy atom. The Morgan fingerprint density at radius 3 is 2.39 bits per heavy atom. The van der Waals surface area contributed by atoms with Gasteiger partial charge in [0.05, 0.1) is 11.7 Å². The highest BCUT2D eigenvalue weighted by Gasteiger charge is 2.28. The molecular formula is C30H41Cl2N3O3. The van der Waals surface area contributed by atoms with Crippen LogP contribution in [0.3, 0.4) is 0 Å². The summed E-state index contributed by atoms with van der Waals surface area (Å²) in [4.78, 5) is 17.3. The van der Waals surface area contributed by atoms with E-state index in [0.29, 0.717) is 28.1 Å². The van der Waals surface area contributed by atoms with E-state index in [4.69, 9.17) is 27.9 Å². The normalized spacial score (nSPS) is 21.3. The molecule has 4 rings (SSSR count). The zero-order chi connectivity index (χ0) is 26.9. The zero-order valence-electron chi connectivity index (χ0n) is 22.4. The highest BCUT2D eigenvalue weighted by Crippen LogP contribution is 2.35. The number of nitrogens with one attached hydrogen (secondary N) is 1. The van der Waals surface area contributed by atoms with Gasteiger partial charge in [-0.25, -0.2) is 0 Å². The van der Waals surface area contributed by atoms with Crippen molar-refractivity contribution >= 4 is 34.8 Å². The molecule has 1 aliphatic heterocycles. The first-order valence-electron chi connectivity index (χ1n) is 14.0. The monoisotopic (exact) mass is 561 g/mol. The molecule has 2 N–H and O–H groups in total. The number of aromatic hydroxyl groups is 1. The van der Waals surface area contributed by atoms with Crippen molar-refractivity contribution in [3.8, 4) is 5.75 Å². The molecule has 1 saturated carbocycles. The Hall–Kier alpha value is -1.99. The van der Waals surface area contributed by atoms with Crippen LogP contribution in [0.4, 0.5) is 5.69 Å². The molecule has 2 fully saturated rings. The Morgan fingerprint density at radius 2 is 1.74 bits per heavy atom. The second-order valence-electron chi connectivity index (χ2n) is 10.7. The lowest BCUT2D eigenvalue weighted by Crippen LogP contribution is -2.47. The van der Waals surface area contributed by atoms with Crippen LogP contribution in [-0.2, 0) is 4.74 Å². The average molecular weight is 563 g/mol. The van der Waals surface area contributed by atoms with Gasteiger partial charge < -0.3 is 20.1 Å². The molecule has 6 nitrogen and oxygen atoms in total. The minimum atomic E-state index is -0.229. The third-order valence-electron chi connectivity index (χ3n) is 8.26. The number of anilines is 1. The zero-order valence-corrected chi connectivity index (χ0v) is 23.9. The van der Waals surface area contributed by atoms with Crippen molar-refractivity contribution in [1.29, 1.82) is 0 Å². The van der Waals surface area contributed by atoms with E-state index >= 15 is 0 Å². The van der Waals surface area contributed by atoms with E-state index in [1.807, 2.05) is 19.2 Å². The first-order valence-corrected chi connectivity index (χ1v) is 14.7. The highest BCUT2D eigenvalue weighted by molar-refractivity contribution is 6.35. The number of halogens is 2. The summed E-state index contributed by atoms with van der Waals surface area (Å²) in [7, 11) is 1.81. The van der Waals surface area contributed by atoms with Gasteiger partial charge in [0.25, 0.3) is 5.91 Å². The number of amides is 1. The molecule has 2 aliphatic rings. The molecule has 0 bridgehead atoms. The summed E-state index contributed by atoms with van der Waals surface area (Å²) in [6.07, 6.45) is 8.30. The lowest BCUT2D eigenvalue weighted by Gasteiger charge is -2.38. The van der Waals surface area contributed by atoms with Gasteiger partial charge in [-0.05, 0) is 80.8 Å². The summed E-state index contributed by atoms with van der Waals surface area (Å²) in [5.74, 6) is 1.18. The number of phenolic OH excluding ortho intramolecular Hbond substituents is 1. The number of rotatable bonds is 11. The molecule has 1 atom stereocenters. The maximum atomic E-state index is 12.3. The molecule has 0 aromatic heterocycles. The number of hydrogen-bond acceptors (Lipinski definition) is 5. The van der Waals surface area contributed by atoms with E-state index in [-0.39, 0.29) is 17.8 Å². The van der Waals surface area contributed by atoms with Crippen molar-refractivity contribution < 1.29 is 14.6 Å². The number of piperazine rings is 1. The van der Waals surface area contributed by atoms with Gasteiger partial charge in [-0.2, -0.15) is 0 Å². The Balaban J connectivity index is 1.11. The van der Waals surface area contributed by atoms with Crippen molar-refractivity contribution in [3.63, 3.8) is 0 Å². The molecule has 1 heterocycles. The second-order valence-corrected chi connectivity index (χ2v) is 11.6. The van der Waals surface area contributed by atoms with Crippen molar-refractivity contribution in [2.75, 3.05) is 51.3 Å². The van der Waals surface area contributed by atoms with E-state index in [1.54, 1.807) is 24.3 Å². The fourth-order valence-electron chi connectivity index (χ4n) is 5.98. The Labute approximate surface area is 237 Å². The number of hydrogen-bond donors (Lipinski definition) is 2. The van der Waals surface area contributed by atoms with Crippen LogP contribution >= 0.6 is 23.2 Å². The predicted molar refractivity (Wildman–Crippen MR) is 156 cm³/mol. The van der Waals surface area contributed by atoms with Crippen LogP contribution in [0.15, 0.2) is 42.5 Å². The summed E-state index contributed by atoms with van der Waals surface area (Å²) >= 11 is 12.4. The van der Waals surface area contributed by atoms with Crippen LogP contribution in [0.5, 0.6) is 5.75 Å². The van der Waals surface area contributed by atoms with Gasteiger partial charge >= 0.3 is 0 Å². The van der Waals surface area contributed by atoms with Gasteiger partial charge in [0.15, 0.2) is 0 Å². The standard InChI is InChI=1S/C30H41Cl2N3O3/c1-38-29(7-4-13-33-30(37)27-5-2-3-6-28(27)36)23-10-8-22(9-11-23)12-14-34-15-17-35(18-16-34)26-20-24(31)19-25(32)21-26/h2-3,5-6,19-23,29,36H,4,7-18H2,1H3,(H,33,37). The summed E-state index contributed by atoms with van der Waals surface area (Å²) in [5, 5.41) is 14.1. The highest BCUT2D eigenvalue weighted by atomic mass is 35.5. The van der Waals surface area contributed by atoms with Crippen molar-refractivity contribution in [3.05, 3.63) is 58.1 Å². The molecule has 2 aromatic rings. The van der Waals surface area contributed by atoms with Crippen LogP contribution in [0.2, 0.25) is 10.0 Å². The third-order valence-corrected chi connectivity index (χ3v) is 8.69. The lowest BCUT2D eigenvalue weighted by molar-refractivity contribution is 0.0212. The number of nitrogens with zero attached hydrogens (tertiary/aromatic N) is 2. The number of benzene rings is 2. The molecule has 8 heteroatoms. The maximum absolute atomic E-state index is 12.3. The molecule has 208 valence electrons. The van der Waals surface area contributed by atoms with E-state index in [1.165, 1.54) is 44.7 Å². The number of ether oxygens (including phenoxy) is 1. The van der Waals surface area contributed by atoms with E-state index in [9.17, 15) is 9.90 Å². The Bertz CT molecular complexity index is 1020. The van der Waals surface area contributed by atoms with Gasteiger partial charge in [-0.3, -0.25) is 9.69 Å². The fraction of sp³-hybridized carbons (Fsp3) is 0.567. The van der Waals surface area contributed by atoms with Crippen LogP contribution in [0.25, 0.3) is 0 Å². The molecular weight excluding hydrogens is 521 g/mol. The molecule has 1 amide bonds. The van der Waals surface area contributed by atoms with Crippen molar-refractivity contribution in [2.45, 2.75) is 51.0 Å². The van der Waals surface area contributed by atoms with Crippen molar-refractivity contribution in [2.24, 2.45) is 11.8 Å². The van der Waals surface area contributed by atoms with Gasteiger partial charge in [0.2, 0.25) is 0 Å². The van der Waals surface area contributed by atoms with Crippen molar-refractivity contribution in [1.82, 2.24) is 10.2 Å². The summed E-state index contributed by atoms with van der Waals surface area (Å²) < 4.78 is 5.87. The lowest BCUT2D eigenvalue weighted by atomic mass is 9.77. The molecule has 0 spiro atoms. The predicted octanol–water partition coefficient (Wildman–Crippen LogP) is 6.24.